The summed E-state index contributed by atoms with van der Waals surface area (Å²) in [6, 6.07) is 3.18. The predicted molar refractivity (Wildman–Crippen MR) is 83.8 cm³/mol. The van der Waals surface area contributed by atoms with Crippen molar-refractivity contribution in [1.29, 1.82) is 0 Å². The maximum Gasteiger partial charge on any atom is 0.0950 e. The van der Waals surface area contributed by atoms with Crippen LogP contribution in [0, 0.1) is 5.41 Å². The first-order valence-electron chi connectivity index (χ1n) is 8.18. The summed E-state index contributed by atoms with van der Waals surface area (Å²) in [5.74, 6) is 0. The molecule has 2 rings (SSSR count). The Bertz CT molecular complexity index is 370. The van der Waals surface area contributed by atoms with Gasteiger partial charge in [-0.15, -0.1) is 0 Å². The second-order valence-corrected chi connectivity index (χ2v) is 6.41. The Morgan fingerprint density at radius 2 is 2.05 bits per heavy atom. The molecule has 1 heterocycles. The molecular formula is C17H30N2O. The standard InChI is InChI=1S/C17H30N2O/c1-4-11-19-15(14-8-12-20-13-14)6-7-16(18-5-2)17(3)9-10-17/h8,12-13,15-16,18-19H,4-7,9-11H2,1-3H3. The molecule has 3 heteroatoms. The molecule has 0 saturated heterocycles. The zero-order valence-corrected chi connectivity index (χ0v) is 13.2. The van der Waals surface area contributed by atoms with E-state index in [-0.39, 0.29) is 0 Å². The molecule has 2 N–H and O–H groups in total. The van der Waals surface area contributed by atoms with E-state index in [0.29, 0.717) is 17.5 Å². The molecule has 0 amide bonds. The minimum Gasteiger partial charge on any atom is -0.472 e. The molecule has 1 aliphatic rings. The molecule has 0 spiro atoms. The van der Waals surface area contributed by atoms with Crippen LogP contribution in [0.15, 0.2) is 23.0 Å². The van der Waals surface area contributed by atoms with Crippen molar-refractivity contribution in [2.24, 2.45) is 5.41 Å². The third kappa shape index (κ3) is 4.10. The lowest BCUT2D eigenvalue weighted by atomic mass is 9.91. The Labute approximate surface area is 123 Å². The van der Waals surface area contributed by atoms with Crippen LogP contribution in [-0.2, 0) is 0 Å². The fourth-order valence-corrected chi connectivity index (χ4v) is 3.00. The molecule has 0 aromatic carbocycles. The highest BCUT2D eigenvalue weighted by molar-refractivity contribution is 5.12. The monoisotopic (exact) mass is 278 g/mol. The van der Waals surface area contributed by atoms with Gasteiger partial charge < -0.3 is 15.1 Å². The molecule has 1 aromatic heterocycles. The minimum atomic E-state index is 0.428. The minimum absolute atomic E-state index is 0.428. The van der Waals surface area contributed by atoms with E-state index in [4.69, 9.17) is 4.42 Å². The molecule has 1 aliphatic carbocycles. The fourth-order valence-electron chi connectivity index (χ4n) is 3.00. The molecule has 1 aromatic rings. The quantitative estimate of drug-likeness (QED) is 0.682. The first kappa shape index (κ1) is 15.6. The zero-order valence-electron chi connectivity index (χ0n) is 13.2. The first-order valence-corrected chi connectivity index (χ1v) is 8.18. The summed E-state index contributed by atoms with van der Waals surface area (Å²) in [6.07, 6.45) is 9.99. The van der Waals surface area contributed by atoms with Crippen LogP contribution < -0.4 is 10.6 Å². The third-order valence-electron chi connectivity index (χ3n) is 4.66. The molecule has 1 saturated carbocycles. The first-order chi connectivity index (χ1) is 9.69. The number of furan rings is 1. The van der Waals surface area contributed by atoms with E-state index >= 15 is 0 Å². The molecule has 2 atom stereocenters. The SMILES string of the molecule is CCCNC(CCC(NCC)C1(C)CC1)c1ccoc1. The van der Waals surface area contributed by atoms with Crippen molar-refractivity contribution in [3.05, 3.63) is 24.2 Å². The van der Waals surface area contributed by atoms with Gasteiger partial charge in [-0.25, -0.2) is 0 Å². The molecule has 114 valence electrons. The summed E-state index contributed by atoms with van der Waals surface area (Å²) < 4.78 is 5.25. The average Bonchev–Trinajstić information content (AvgIpc) is 2.98. The molecule has 20 heavy (non-hydrogen) atoms. The highest BCUT2D eigenvalue weighted by Gasteiger charge is 2.44. The van der Waals surface area contributed by atoms with Crippen molar-refractivity contribution in [2.45, 2.75) is 65.0 Å². The summed E-state index contributed by atoms with van der Waals surface area (Å²) in [7, 11) is 0. The van der Waals surface area contributed by atoms with Gasteiger partial charge in [-0.1, -0.05) is 20.8 Å². The van der Waals surface area contributed by atoms with E-state index < -0.39 is 0 Å². The Kier molecular flexibility index (Phi) is 5.67. The van der Waals surface area contributed by atoms with E-state index in [1.54, 1.807) is 6.26 Å². The summed E-state index contributed by atoms with van der Waals surface area (Å²) >= 11 is 0. The van der Waals surface area contributed by atoms with Crippen LogP contribution in [0.2, 0.25) is 0 Å². The van der Waals surface area contributed by atoms with E-state index in [9.17, 15) is 0 Å². The number of hydrogen-bond donors (Lipinski definition) is 2. The van der Waals surface area contributed by atoms with Crippen molar-refractivity contribution >= 4 is 0 Å². The summed E-state index contributed by atoms with van der Waals surface area (Å²) in [5, 5.41) is 7.34. The lowest BCUT2D eigenvalue weighted by Gasteiger charge is -2.27. The van der Waals surface area contributed by atoms with Crippen molar-refractivity contribution in [3.63, 3.8) is 0 Å². The van der Waals surface area contributed by atoms with Gasteiger partial charge in [0.2, 0.25) is 0 Å². The van der Waals surface area contributed by atoms with Crippen molar-refractivity contribution in [1.82, 2.24) is 10.6 Å². The van der Waals surface area contributed by atoms with Gasteiger partial charge in [-0.3, -0.25) is 0 Å². The molecule has 3 nitrogen and oxygen atoms in total. The van der Waals surface area contributed by atoms with Crippen LogP contribution >= 0.6 is 0 Å². The molecule has 0 radical (unpaired) electrons. The maximum absolute atomic E-state index is 5.25. The molecule has 2 unspecified atom stereocenters. The van der Waals surface area contributed by atoms with E-state index in [2.05, 4.69) is 37.5 Å². The van der Waals surface area contributed by atoms with Gasteiger partial charge in [-0.2, -0.15) is 0 Å². The van der Waals surface area contributed by atoms with Gasteiger partial charge >= 0.3 is 0 Å². The Balaban J connectivity index is 1.89. The van der Waals surface area contributed by atoms with Crippen molar-refractivity contribution in [3.8, 4) is 0 Å². The van der Waals surface area contributed by atoms with Gasteiger partial charge in [0.15, 0.2) is 0 Å². The van der Waals surface area contributed by atoms with Crippen molar-refractivity contribution < 1.29 is 4.42 Å². The molecule has 0 aliphatic heterocycles. The lowest BCUT2D eigenvalue weighted by molar-refractivity contribution is 0.318. The number of nitrogens with one attached hydrogen (secondary N) is 2. The van der Waals surface area contributed by atoms with Gasteiger partial charge in [0.25, 0.3) is 0 Å². The smallest absolute Gasteiger partial charge is 0.0950 e. The normalized spacial score (nSPS) is 19.8. The van der Waals surface area contributed by atoms with Gasteiger partial charge in [0.05, 0.1) is 12.5 Å². The summed E-state index contributed by atoms with van der Waals surface area (Å²) in [4.78, 5) is 0. The molecule has 1 fully saturated rings. The topological polar surface area (TPSA) is 37.2 Å². The lowest BCUT2D eigenvalue weighted by Crippen LogP contribution is -2.37. The van der Waals surface area contributed by atoms with Crippen LogP contribution in [0.3, 0.4) is 0 Å². The largest absolute Gasteiger partial charge is 0.472 e. The molecule has 0 bridgehead atoms. The zero-order chi connectivity index (χ0) is 14.4. The van der Waals surface area contributed by atoms with Crippen LogP contribution in [0.4, 0.5) is 0 Å². The van der Waals surface area contributed by atoms with Crippen molar-refractivity contribution in [2.75, 3.05) is 13.1 Å². The number of rotatable bonds is 10. The summed E-state index contributed by atoms with van der Waals surface area (Å²) in [5.41, 5.74) is 1.83. The second-order valence-electron chi connectivity index (χ2n) is 6.41. The fraction of sp³-hybridized carbons (Fsp3) is 0.765. The third-order valence-corrected chi connectivity index (χ3v) is 4.66. The average molecular weight is 278 g/mol. The number of hydrogen-bond acceptors (Lipinski definition) is 3. The second kappa shape index (κ2) is 7.28. The van der Waals surface area contributed by atoms with Gasteiger partial charge in [0.1, 0.15) is 0 Å². The highest BCUT2D eigenvalue weighted by Crippen LogP contribution is 2.49. The van der Waals surface area contributed by atoms with Gasteiger partial charge in [0, 0.05) is 17.6 Å². The van der Waals surface area contributed by atoms with Crippen LogP contribution in [0.5, 0.6) is 0 Å². The van der Waals surface area contributed by atoms with Gasteiger partial charge in [-0.05, 0) is 56.7 Å². The van der Waals surface area contributed by atoms with Crippen LogP contribution in [-0.4, -0.2) is 19.1 Å². The Morgan fingerprint density at radius 3 is 2.60 bits per heavy atom. The maximum atomic E-state index is 5.25. The highest BCUT2D eigenvalue weighted by atomic mass is 16.3. The van der Waals surface area contributed by atoms with E-state index in [1.807, 2.05) is 6.26 Å². The summed E-state index contributed by atoms with van der Waals surface area (Å²) in [6.45, 7) is 8.98. The van der Waals surface area contributed by atoms with E-state index in [0.717, 1.165) is 13.1 Å². The molecular weight excluding hydrogens is 248 g/mol. The predicted octanol–water partition coefficient (Wildman–Crippen LogP) is 3.88. The van der Waals surface area contributed by atoms with Crippen LogP contribution in [0.1, 0.15) is 64.5 Å². The van der Waals surface area contributed by atoms with Crippen LogP contribution in [0.25, 0.3) is 0 Å². The Hall–Kier alpha value is -0.800. The Morgan fingerprint density at radius 1 is 1.25 bits per heavy atom. The van der Waals surface area contributed by atoms with E-state index in [1.165, 1.54) is 37.7 Å².